The summed E-state index contributed by atoms with van der Waals surface area (Å²) in [6, 6.07) is 37.9. The minimum absolute atomic E-state index is 0.852. The molecule has 0 spiro atoms. The number of rotatable bonds is 2. The Labute approximate surface area is 235 Å². The van der Waals surface area contributed by atoms with E-state index in [9.17, 15) is 0 Å². The molecule has 5 heteroatoms. The molecule has 0 aliphatic heterocycles. The Morgan fingerprint density at radius 1 is 0.512 bits per heavy atom. The predicted octanol–water partition coefficient (Wildman–Crippen LogP) is 9.60. The van der Waals surface area contributed by atoms with Crippen molar-refractivity contribution < 1.29 is 4.42 Å². The summed E-state index contributed by atoms with van der Waals surface area (Å²) in [6.45, 7) is 4.00. The third-order valence-electron chi connectivity index (χ3n) is 7.80. The summed E-state index contributed by atoms with van der Waals surface area (Å²) < 4.78 is 11.2. The molecule has 41 heavy (non-hydrogen) atoms. The number of para-hydroxylation sites is 3. The van der Waals surface area contributed by atoms with Gasteiger partial charge in [0.25, 0.3) is 0 Å². The minimum Gasteiger partial charge on any atom is -0.454 e. The highest BCUT2D eigenvalue weighted by Gasteiger charge is 2.21. The standard InChI is InChI=1S/C34H20N4O.C2H6/c1-4-12-26-23(10-1)32-28(14-7-17-35-32)37(26)21-19-25-22-9-3-6-16-31(22)39-34(25)30(20-21)38-27-13-5-2-11-24(27)33-29(38)15-8-18-36-33;1-2/h1-20H;1-2H3. The van der Waals surface area contributed by atoms with Crippen molar-refractivity contribution in [3.05, 3.63) is 122 Å². The Kier molecular flexibility index (Phi) is 5.19. The van der Waals surface area contributed by atoms with Crippen LogP contribution in [0.5, 0.6) is 0 Å². The zero-order valence-electron chi connectivity index (χ0n) is 22.7. The highest BCUT2D eigenvalue weighted by molar-refractivity contribution is 6.13. The molecule has 0 aliphatic carbocycles. The first-order chi connectivity index (χ1) is 20.4. The van der Waals surface area contributed by atoms with Gasteiger partial charge in [-0.3, -0.25) is 9.97 Å². The van der Waals surface area contributed by atoms with Crippen LogP contribution in [0.2, 0.25) is 0 Å². The van der Waals surface area contributed by atoms with E-state index in [2.05, 4.69) is 94.1 Å². The van der Waals surface area contributed by atoms with Crippen LogP contribution in [-0.4, -0.2) is 19.1 Å². The second kappa shape index (κ2) is 9.07. The Hall–Kier alpha value is -5.42. The average Bonchev–Trinajstić information content (AvgIpc) is 3.70. The molecule has 0 amide bonds. The highest BCUT2D eigenvalue weighted by Crippen LogP contribution is 2.40. The third-order valence-corrected chi connectivity index (χ3v) is 7.80. The lowest BCUT2D eigenvalue weighted by Crippen LogP contribution is -1.99. The van der Waals surface area contributed by atoms with Gasteiger partial charge >= 0.3 is 0 Å². The van der Waals surface area contributed by atoms with E-state index >= 15 is 0 Å². The lowest BCUT2D eigenvalue weighted by atomic mass is 10.1. The number of aromatic nitrogens is 4. The summed E-state index contributed by atoms with van der Waals surface area (Å²) in [6.07, 6.45) is 3.72. The number of fused-ring (bicyclic) bond motifs is 9. The van der Waals surface area contributed by atoms with E-state index in [0.29, 0.717) is 0 Å². The van der Waals surface area contributed by atoms with Crippen LogP contribution in [0.25, 0.3) is 77.2 Å². The van der Waals surface area contributed by atoms with E-state index in [0.717, 1.165) is 77.2 Å². The lowest BCUT2D eigenvalue weighted by Gasteiger charge is -2.13. The molecule has 0 unspecified atom stereocenters. The van der Waals surface area contributed by atoms with Gasteiger partial charge in [0.05, 0.1) is 38.8 Å². The summed E-state index contributed by atoms with van der Waals surface area (Å²) in [4.78, 5) is 9.53. The molecule has 0 radical (unpaired) electrons. The Morgan fingerprint density at radius 2 is 1.05 bits per heavy atom. The van der Waals surface area contributed by atoms with Gasteiger partial charge < -0.3 is 13.6 Å². The van der Waals surface area contributed by atoms with Crippen LogP contribution in [-0.2, 0) is 0 Å². The predicted molar refractivity (Wildman–Crippen MR) is 169 cm³/mol. The molecule has 0 fully saturated rings. The first kappa shape index (κ1) is 23.5. The summed E-state index contributed by atoms with van der Waals surface area (Å²) in [5.74, 6) is 0. The Balaban J connectivity index is 0.00000125. The van der Waals surface area contributed by atoms with Gasteiger partial charge in [0.15, 0.2) is 5.58 Å². The number of pyridine rings is 2. The molecule has 5 aromatic heterocycles. The molecule has 9 rings (SSSR count). The van der Waals surface area contributed by atoms with E-state index in [1.54, 1.807) is 0 Å². The van der Waals surface area contributed by atoms with Gasteiger partial charge in [0, 0.05) is 39.6 Å². The van der Waals surface area contributed by atoms with E-state index in [4.69, 9.17) is 14.4 Å². The zero-order valence-corrected chi connectivity index (χ0v) is 22.7. The molecule has 0 N–H and O–H groups in total. The van der Waals surface area contributed by atoms with Gasteiger partial charge in [-0.2, -0.15) is 0 Å². The maximum absolute atomic E-state index is 6.59. The van der Waals surface area contributed by atoms with Crippen LogP contribution in [0.4, 0.5) is 0 Å². The van der Waals surface area contributed by atoms with Crippen molar-refractivity contribution in [3.63, 3.8) is 0 Å². The fourth-order valence-electron chi connectivity index (χ4n) is 6.19. The van der Waals surface area contributed by atoms with Crippen LogP contribution < -0.4 is 0 Å². The van der Waals surface area contributed by atoms with Crippen molar-refractivity contribution in [3.8, 4) is 11.4 Å². The smallest absolute Gasteiger partial charge is 0.159 e. The molecule has 4 aromatic carbocycles. The average molecular weight is 531 g/mol. The third kappa shape index (κ3) is 3.29. The second-order valence-corrected chi connectivity index (χ2v) is 9.89. The van der Waals surface area contributed by atoms with Crippen LogP contribution >= 0.6 is 0 Å². The fourth-order valence-corrected chi connectivity index (χ4v) is 6.19. The number of furan rings is 1. The summed E-state index contributed by atoms with van der Waals surface area (Å²) in [7, 11) is 0. The SMILES string of the molecule is CC.c1ccc2c(c1)oc1c(-n3c4ccccc4c4ncccc43)cc(-n3c4ccccc4c4ncccc43)cc12. The molecule has 9 aromatic rings. The molecule has 0 atom stereocenters. The maximum Gasteiger partial charge on any atom is 0.159 e. The van der Waals surface area contributed by atoms with Crippen molar-refractivity contribution in [2.24, 2.45) is 0 Å². The first-order valence-corrected chi connectivity index (χ1v) is 14.0. The maximum atomic E-state index is 6.59. The zero-order chi connectivity index (χ0) is 27.5. The van der Waals surface area contributed by atoms with E-state index < -0.39 is 0 Å². The molecule has 5 heterocycles. The summed E-state index contributed by atoms with van der Waals surface area (Å²) in [5.41, 5.74) is 10.0. The van der Waals surface area contributed by atoms with E-state index in [1.165, 1.54) is 0 Å². The molecular weight excluding hydrogens is 504 g/mol. The van der Waals surface area contributed by atoms with Gasteiger partial charge in [0.1, 0.15) is 5.58 Å². The van der Waals surface area contributed by atoms with E-state index in [-0.39, 0.29) is 0 Å². The fraction of sp³-hybridized carbons (Fsp3) is 0.0556. The van der Waals surface area contributed by atoms with Crippen molar-refractivity contribution in [2.75, 3.05) is 0 Å². The molecule has 5 nitrogen and oxygen atoms in total. The normalized spacial score (nSPS) is 11.7. The van der Waals surface area contributed by atoms with Gasteiger partial charge in [-0.1, -0.05) is 68.4 Å². The van der Waals surface area contributed by atoms with Crippen LogP contribution in [0, 0.1) is 0 Å². The number of nitrogens with zero attached hydrogens (tertiary/aromatic N) is 4. The lowest BCUT2D eigenvalue weighted by molar-refractivity contribution is 0.666. The topological polar surface area (TPSA) is 48.8 Å². The van der Waals surface area contributed by atoms with Gasteiger partial charge in [-0.25, -0.2) is 0 Å². The molecule has 196 valence electrons. The highest BCUT2D eigenvalue weighted by atomic mass is 16.3. The first-order valence-electron chi connectivity index (χ1n) is 14.0. The van der Waals surface area contributed by atoms with Crippen molar-refractivity contribution >= 4 is 65.8 Å². The van der Waals surface area contributed by atoms with Crippen LogP contribution in [0.1, 0.15) is 13.8 Å². The van der Waals surface area contributed by atoms with Crippen molar-refractivity contribution in [1.82, 2.24) is 19.1 Å². The number of benzene rings is 4. The van der Waals surface area contributed by atoms with Crippen LogP contribution in [0.3, 0.4) is 0 Å². The van der Waals surface area contributed by atoms with E-state index in [1.807, 2.05) is 50.5 Å². The van der Waals surface area contributed by atoms with Gasteiger partial charge in [0.2, 0.25) is 0 Å². The van der Waals surface area contributed by atoms with Gasteiger partial charge in [-0.15, -0.1) is 0 Å². The number of hydrogen-bond acceptors (Lipinski definition) is 3. The largest absolute Gasteiger partial charge is 0.454 e. The Morgan fingerprint density at radius 3 is 1.73 bits per heavy atom. The summed E-state index contributed by atoms with van der Waals surface area (Å²) in [5, 5.41) is 4.41. The second-order valence-electron chi connectivity index (χ2n) is 9.89. The molecule has 0 bridgehead atoms. The molecule has 0 aliphatic rings. The van der Waals surface area contributed by atoms with Crippen molar-refractivity contribution in [1.29, 1.82) is 0 Å². The molecular formula is C36H26N4O. The molecule has 0 saturated carbocycles. The number of hydrogen-bond donors (Lipinski definition) is 0. The summed E-state index contributed by atoms with van der Waals surface area (Å²) >= 11 is 0. The quantitative estimate of drug-likeness (QED) is 0.224. The monoisotopic (exact) mass is 530 g/mol. The molecule has 0 saturated heterocycles. The van der Waals surface area contributed by atoms with Crippen LogP contribution in [0.15, 0.2) is 126 Å². The van der Waals surface area contributed by atoms with Crippen molar-refractivity contribution in [2.45, 2.75) is 13.8 Å². The minimum atomic E-state index is 0.852. The van der Waals surface area contributed by atoms with Gasteiger partial charge in [-0.05, 0) is 54.6 Å². The Bertz CT molecular complexity index is 2300.